The summed E-state index contributed by atoms with van der Waals surface area (Å²) in [6.07, 6.45) is 3.75. The van der Waals surface area contributed by atoms with E-state index in [-0.39, 0.29) is 23.9 Å². The molecule has 1 aliphatic carbocycles. The zero-order chi connectivity index (χ0) is 17.2. The summed E-state index contributed by atoms with van der Waals surface area (Å²) in [4.78, 5) is 24.3. The van der Waals surface area contributed by atoms with Crippen LogP contribution in [0.1, 0.15) is 40.9 Å². The summed E-state index contributed by atoms with van der Waals surface area (Å²) in [5, 5.41) is 0.589. The number of esters is 2. The van der Waals surface area contributed by atoms with E-state index in [1.165, 1.54) is 19.4 Å². The molecule has 126 valence electrons. The van der Waals surface area contributed by atoms with Gasteiger partial charge in [-0.05, 0) is 36.6 Å². The SMILES string of the molecule is COC(=O)c1ccoc1COC(=O)C1(c2cccc(Cl)c2)CCC1. The molecule has 0 atom stereocenters. The fraction of sp³-hybridized carbons (Fsp3) is 0.333. The molecule has 1 aliphatic rings. The van der Waals surface area contributed by atoms with Gasteiger partial charge in [-0.2, -0.15) is 0 Å². The number of carbonyl (C=O) groups excluding carboxylic acids is 2. The number of benzene rings is 1. The number of hydrogen-bond acceptors (Lipinski definition) is 5. The van der Waals surface area contributed by atoms with Crippen molar-refractivity contribution >= 4 is 23.5 Å². The number of furan rings is 1. The number of hydrogen-bond donors (Lipinski definition) is 0. The van der Waals surface area contributed by atoms with Gasteiger partial charge in [-0.1, -0.05) is 30.2 Å². The molecule has 6 heteroatoms. The first-order valence-corrected chi connectivity index (χ1v) is 8.02. The fourth-order valence-corrected chi connectivity index (χ4v) is 3.13. The Morgan fingerprint density at radius 2 is 2.08 bits per heavy atom. The molecule has 0 saturated heterocycles. The maximum atomic E-state index is 12.7. The Bertz CT molecular complexity index is 760. The van der Waals surface area contributed by atoms with Gasteiger partial charge >= 0.3 is 11.9 Å². The van der Waals surface area contributed by atoms with E-state index in [0.29, 0.717) is 17.9 Å². The van der Waals surface area contributed by atoms with E-state index >= 15 is 0 Å². The molecule has 0 N–H and O–H groups in total. The highest BCUT2D eigenvalue weighted by Gasteiger charge is 2.47. The summed E-state index contributed by atoms with van der Waals surface area (Å²) in [5.41, 5.74) is 0.456. The highest BCUT2D eigenvalue weighted by molar-refractivity contribution is 6.30. The molecule has 24 heavy (non-hydrogen) atoms. The molecule has 1 saturated carbocycles. The molecule has 1 fully saturated rings. The lowest BCUT2D eigenvalue weighted by atomic mass is 9.64. The third-order valence-corrected chi connectivity index (χ3v) is 4.70. The smallest absolute Gasteiger partial charge is 0.341 e. The van der Waals surface area contributed by atoms with Crippen LogP contribution in [-0.2, 0) is 26.3 Å². The number of ether oxygens (including phenoxy) is 2. The molecule has 1 aromatic heterocycles. The first-order chi connectivity index (χ1) is 11.6. The molecule has 3 rings (SSSR count). The highest BCUT2D eigenvalue weighted by atomic mass is 35.5. The number of halogens is 1. The van der Waals surface area contributed by atoms with Gasteiger partial charge in [0.15, 0.2) is 5.76 Å². The Labute approximate surface area is 144 Å². The van der Waals surface area contributed by atoms with E-state index < -0.39 is 11.4 Å². The van der Waals surface area contributed by atoms with E-state index in [1.54, 1.807) is 12.1 Å². The summed E-state index contributed by atoms with van der Waals surface area (Å²) in [6, 6.07) is 8.78. The molecule has 1 aromatic carbocycles. The van der Waals surface area contributed by atoms with Gasteiger partial charge in [0.2, 0.25) is 0 Å². The molecule has 0 aliphatic heterocycles. The van der Waals surface area contributed by atoms with Crippen LogP contribution in [0.25, 0.3) is 0 Å². The zero-order valence-corrected chi connectivity index (χ0v) is 14.0. The monoisotopic (exact) mass is 348 g/mol. The number of carbonyl (C=O) groups is 2. The minimum absolute atomic E-state index is 0.113. The molecule has 0 bridgehead atoms. The van der Waals surface area contributed by atoms with Crippen molar-refractivity contribution in [3.63, 3.8) is 0 Å². The van der Waals surface area contributed by atoms with Crippen LogP contribution in [0.4, 0.5) is 0 Å². The van der Waals surface area contributed by atoms with Crippen molar-refractivity contribution < 1.29 is 23.5 Å². The minimum Gasteiger partial charge on any atom is -0.465 e. The van der Waals surface area contributed by atoms with Gasteiger partial charge in [-0.3, -0.25) is 4.79 Å². The van der Waals surface area contributed by atoms with Crippen LogP contribution in [0.3, 0.4) is 0 Å². The van der Waals surface area contributed by atoms with Gasteiger partial charge in [0.1, 0.15) is 12.2 Å². The zero-order valence-electron chi connectivity index (χ0n) is 13.2. The van der Waals surface area contributed by atoms with E-state index in [9.17, 15) is 9.59 Å². The maximum absolute atomic E-state index is 12.7. The summed E-state index contributed by atoms with van der Waals surface area (Å²) in [5.74, 6) is -0.581. The van der Waals surface area contributed by atoms with E-state index in [0.717, 1.165) is 12.0 Å². The standard InChI is InChI=1S/C18H17ClO5/c1-22-16(20)14-6-9-23-15(14)11-24-17(21)18(7-3-8-18)12-4-2-5-13(19)10-12/h2,4-6,9-10H,3,7-8,11H2,1H3. The van der Waals surface area contributed by atoms with Gasteiger partial charge in [0.25, 0.3) is 0 Å². The van der Waals surface area contributed by atoms with Crippen molar-refractivity contribution in [2.24, 2.45) is 0 Å². The molecular weight excluding hydrogens is 332 g/mol. The lowest BCUT2D eigenvalue weighted by Crippen LogP contribution is -2.43. The average Bonchev–Trinajstić information content (AvgIpc) is 2.99. The minimum atomic E-state index is -0.664. The first-order valence-electron chi connectivity index (χ1n) is 7.65. The quantitative estimate of drug-likeness (QED) is 0.767. The Kier molecular flexibility index (Phi) is 4.62. The largest absolute Gasteiger partial charge is 0.465 e. The highest BCUT2D eigenvalue weighted by Crippen LogP contribution is 2.45. The van der Waals surface area contributed by atoms with Crippen molar-refractivity contribution in [2.45, 2.75) is 31.3 Å². The van der Waals surface area contributed by atoms with Crippen molar-refractivity contribution in [2.75, 3.05) is 7.11 Å². The van der Waals surface area contributed by atoms with Gasteiger partial charge in [-0.15, -0.1) is 0 Å². The number of methoxy groups -OCH3 is 1. The second-order valence-corrected chi connectivity index (χ2v) is 6.21. The van der Waals surface area contributed by atoms with Crippen molar-refractivity contribution in [1.82, 2.24) is 0 Å². The second kappa shape index (κ2) is 6.69. The summed E-state index contributed by atoms with van der Waals surface area (Å²) < 4.78 is 15.3. The van der Waals surface area contributed by atoms with E-state index in [2.05, 4.69) is 4.74 Å². The molecule has 0 unspecified atom stereocenters. The average molecular weight is 349 g/mol. The fourth-order valence-electron chi connectivity index (χ4n) is 2.94. The first kappa shape index (κ1) is 16.6. The van der Waals surface area contributed by atoms with Gasteiger partial charge in [-0.25, -0.2) is 4.79 Å². The van der Waals surface area contributed by atoms with Crippen molar-refractivity contribution in [3.05, 3.63) is 58.5 Å². The lowest BCUT2D eigenvalue weighted by Gasteiger charge is -2.39. The topological polar surface area (TPSA) is 65.7 Å². The van der Waals surface area contributed by atoms with Crippen molar-refractivity contribution in [1.29, 1.82) is 0 Å². The predicted molar refractivity (Wildman–Crippen MR) is 86.8 cm³/mol. The normalized spacial score (nSPS) is 15.4. The number of rotatable bonds is 5. The summed E-state index contributed by atoms with van der Waals surface area (Å²) >= 11 is 6.05. The lowest BCUT2D eigenvalue weighted by molar-refractivity contribution is -0.156. The summed E-state index contributed by atoms with van der Waals surface area (Å²) in [6.45, 7) is -0.113. The van der Waals surface area contributed by atoms with Crippen LogP contribution >= 0.6 is 11.6 Å². The molecule has 1 heterocycles. The second-order valence-electron chi connectivity index (χ2n) is 5.77. The molecular formula is C18H17ClO5. The maximum Gasteiger partial charge on any atom is 0.341 e. The Morgan fingerprint density at radius 1 is 1.29 bits per heavy atom. The van der Waals surface area contributed by atoms with Crippen LogP contribution < -0.4 is 0 Å². The van der Waals surface area contributed by atoms with Crippen LogP contribution in [0.5, 0.6) is 0 Å². The van der Waals surface area contributed by atoms with E-state index in [1.807, 2.05) is 12.1 Å². The Balaban J connectivity index is 1.75. The molecule has 5 nitrogen and oxygen atoms in total. The molecule has 0 radical (unpaired) electrons. The van der Waals surface area contributed by atoms with Gasteiger partial charge in [0.05, 0.1) is 18.8 Å². The van der Waals surface area contributed by atoms with Gasteiger partial charge < -0.3 is 13.9 Å². The third-order valence-electron chi connectivity index (χ3n) is 4.46. The van der Waals surface area contributed by atoms with Crippen LogP contribution in [0, 0.1) is 0 Å². The van der Waals surface area contributed by atoms with Crippen LogP contribution in [-0.4, -0.2) is 19.0 Å². The molecule has 0 spiro atoms. The summed E-state index contributed by atoms with van der Waals surface area (Å²) in [7, 11) is 1.29. The van der Waals surface area contributed by atoms with Gasteiger partial charge in [0, 0.05) is 5.02 Å². The third kappa shape index (κ3) is 2.91. The van der Waals surface area contributed by atoms with Crippen LogP contribution in [0.15, 0.2) is 41.0 Å². The predicted octanol–water partition coefficient (Wildman–Crippen LogP) is 3.88. The Morgan fingerprint density at radius 3 is 2.71 bits per heavy atom. The van der Waals surface area contributed by atoms with Crippen LogP contribution in [0.2, 0.25) is 5.02 Å². The van der Waals surface area contributed by atoms with Crippen molar-refractivity contribution in [3.8, 4) is 0 Å². The Hall–Kier alpha value is -2.27. The molecule has 0 amide bonds. The molecule has 2 aromatic rings. The van der Waals surface area contributed by atoms with E-state index in [4.69, 9.17) is 20.8 Å².